The molecule has 0 atom stereocenters. The fourth-order valence-electron chi connectivity index (χ4n) is 1.35. The first kappa shape index (κ1) is 11.1. The van der Waals surface area contributed by atoms with Crippen LogP contribution in [0.2, 0.25) is 10.0 Å². The van der Waals surface area contributed by atoms with Crippen LogP contribution in [0.3, 0.4) is 0 Å². The van der Waals surface area contributed by atoms with Crippen LogP contribution in [0.25, 0.3) is 5.57 Å². The average Bonchev–Trinajstić information content (AvgIpc) is 2.55. The van der Waals surface area contributed by atoms with Gasteiger partial charge in [-0.05, 0) is 12.1 Å². The quantitative estimate of drug-likeness (QED) is 0.621. The molecule has 1 aromatic rings. The molecule has 1 aliphatic heterocycles. The minimum absolute atomic E-state index is 0.0805. The lowest BCUT2D eigenvalue weighted by Crippen LogP contribution is -2.21. The van der Waals surface area contributed by atoms with Gasteiger partial charge in [-0.25, -0.2) is 4.39 Å². The molecule has 0 radical (unpaired) electrons. The Balaban J connectivity index is 2.58. The number of benzene rings is 1. The van der Waals surface area contributed by atoms with Gasteiger partial charge in [0.15, 0.2) is 0 Å². The van der Waals surface area contributed by atoms with E-state index in [1.807, 2.05) is 0 Å². The third kappa shape index (κ3) is 1.70. The summed E-state index contributed by atoms with van der Waals surface area (Å²) in [5, 5.41) is 1.70. The zero-order valence-electron chi connectivity index (χ0n) is 7.68. The minimum Gasteiger partial charge on any atom is -0.289 e. The second kappa shape index (κ2) is 3.88. The Kier molecular flexibility index (Phi) is 2.69. The lowest BCUT2D eigenvalue weighted by atomic mass is 10.1. The van der Waals surface area contributed by atoms with E-state index < -0.39 is 17.6 Å². The van der Waals surface area contributed by atoms with Crippen LogP contribution < -0.4 is 5.32 Å². The van der Waals surface area contributed by atoms with Gasteiger partial charge in [-0.15, -0.1) is 0 Å². The van der Waals surface area contributed by atoms with Crippen molar-refractivity contribution in [3.05, 3.63) is 39.6 Å². The third-order valence-electron chi connectivity index (χ3n) is 2.08. The van der Waals surface area contributed by atoms with Crippen molar-refractivity contribution >= 4 is 40.6 Å². The van der Waals surface area contributed by atoms with Crippen LogP contribution >= 0.6 is 23.2 Å². The second-order valence-corrected chi connectivity index (χ2v) is 3.86. The molecule has 1 heterocycles. The molecule has 0 spiro atoms. The van der Waals surface area contributed by atoms with Crippen molar-refractivity contribution in [2.75, 3.05) is 0 Å². The number of halogens is 3. The van der Waals surface area contributed by atoms with Gasteiger partial charge in [0, 0.05) is 11.6 Å². The molecule has 0 unspecified atom stereocenters. The van der Waals surface area contributed by atoms with E-state index in [1.54, 1.807) is 0 Å². The summed E-state index contributed by atoms with van der Waals surface area (Å²) in [6, 6.07) is 2.38. The van der Waals surface area contributed by atoms with Crippen molar-refractivity contribution < 1.29 is 14.0 Å². The molecule has 0 aliphatic carbocycles. The van der Waals surface area contributed by atoms with Gasteiger partial charge in [0.05, 0.1) is 15.6 Å². The van der Waals surface area contributed by atoms with Gasteiger partial charge in [0.1, 0.15) is 5.82 Å². The lowest BCUT2D eigenvalue weighted by molar-refractivity contribution is -0.123. The Morgan fingerprint density at radius 2 is 1.81 bits per heavy atom. The van der Waals surface area contributed by atoms with E-state index in [2.05, 4.69) is 5.32 Å². The van der Waals surface area contributed by atoms with Crippen LogP contribution in [0.4, 0.5) is 4.39 Å². The van der Waals surface area contributed by atoms with Crippen LogP contribution in [0.5, 0.6) is 0 Å². The van der Waals surface area contributed by atoms with Crippen molar-refractivity contribution in [2.24, 2.45) is 0 Å². The maximum Gasteiger partial charge on any atom is 0.258 e. The smallest absolute Gasteiger partial charge is 0.258 e. The van der Waals surface area contributed by atoms with Gasteiger partial charge >= 0.3 is 0 Å². The molecule has 2 amide bonds. The molecule has 82 valence electrons. The molecule has 0 saturated carbocycles. The van der Waals surface area contributed by atoms with Crippen molar-refractivity contribution in [3.8, 4) is 0 Å². The topological polar surface area (TPSA) is 46.2 Å². The maximum atomic E-state index is 13.0. The largest absolute Gasteiger partial charge is 0.289 e. The number of rotatable bonds is 1. The summed E-state index contributed by atoms with van der Waals surface area (Å²) in [6.07, 6.45) is 1.10. The highest BCUT2D eigenvalue weighted by Crippen LogP contribution is 2.33. The van der Waals surface area contributed by atoms with E-state index in [-0.39, 0.29) is 21.2 Å². The van der Waals surface area contributed by atoms with Gasteiger partial charge < -0.3 is 0 Å². The summed E-state index contributed by atoms with van der Waals surface area (Å²) < 4.78 is 13.0. The fourth-order valence-corrected chi connectivity index (χ4v) is 1.77. The molecule has 6 heteroatoms. The highest BCUT2D eigenvalue weighted by Gasteiger charge is 2.25. The average molecular weight is 260 g/mol. The van der Waals surface area contributed by atoms with Crippen LogP contribution in [-0.2, 0) is 9.59 Å². The maximum absolute atomic E-state index is 13.0. The zero-order chi connectivity index (χ0) is 11.9. The Morgan fingerprint density at radius 1 is 1.12 bits per heavy atom. The van der Waals surface area contributed by atoms with E-state index in [0.717, 1.165) is 12.1 Å². The summed E-state index contributed by atoms with van der Waals surface area (Å²) in [4.78, 5) is 22.3. The van der Waals surface area contributed by atoms with Crippen molar-refractivity contribution in [1.82, 2.24) is 5.32 Å². The molecule has 0 fully saturated rings. The first-order valence-corrected chi connectivity index (χ1v) is 4.97. The van der Waals surface area contributed by atoms with Gasteiger partial charge in [-0.1, -0.05) is 23.2 Å². The van der Waals surface area contributed by atoms with Crippen molar-refractivity contribution in [2.45, 2.75) is 0 Å². The minimum atomic E-state index is -0.680. The number of carbonyl (C=O) groups excluding carboxylic acids is 2. The number of carbonyl (C=O) groups is 2. The summed E-state index contributed by atoms with van der Waals surface area (Å²) in [7, 11) is 0. The molecule has 1 aromatic carbocycles. The summed E-state index contributed by atoms with van der Waals surface area (Å²) in [5.74, 6) is -1.79. The SMILES string of the molecule is O=C1C=C(c2ccc(F)c(Cl)c2Cl)C(=O)N1. The van der Waals surface area contributed by atoms with Crippen LogP contribution in [0.1, 0.15) is 5.56 Å². The van der Waals surface area contributed by atoms with E-state index in [1.165, 1.54) is 6.07 Å². The van der Waals surface area contributed by atoms with E-state index in [9.17, 15) is 14.0 Å². The Hall–Kier alpha value is -1.39. The van der Waals surface area contributed by atoms with Crippen LogP contribution in [-0.4, -0.2) is 11.8 Å². The Morgan fingerprint density at radius 3 is 2.38 bits per heavy atom. The standard InChI is InChI=1S/C10H4Cl2FNO2/c11-8-4(1-2-6(13)9(8)12)5-3-7(15)14-10(5)16/h1-3H,(H,14,15,16). The molecule has 1 aliphatic rings. The molecule has 2 rings (SSSR count). The van der Waals surface area contributed by atoms with Crippen molar-refractivity contribution in [3.63, 3.8) is 0 Å². The molecule has 1 N–H and O–H groups in total. The second-order valence-electron chi connectivity index (χ2n) is 3.10. The number of imide groups is 1. The van der Waals surface area contributed by atoms with Gasteiger partial charge in [-0.3, -0.25) is 14.9 Å². The van der Waals surface area contributed by atoms with Gasteiger partial charge in [0.25, 0.3) is 11.8 Å². The number of amides is 2. The lowest BCUT2D eigenvalue weighted by Gasteiger charge is -2.05. The highest BCUT2D eigenvalue weighted by atomic mass is 35.5. The van der Waals surface area contributed by atoms with Gasteiger partial charge in [-0.2, -0.15) is 0 Å². The van der Waals surface area contributed by atoms with Crippen LogP contribution in [0.15, 0.2) is 18.2 Å². The molecule has 0 saturated heterocycles. The monoisotopic (exact) mass is 259 g/mol. The third-order valence-corrected chi connectivity index (χ3v) is 2.94. The molecular weight excluding hydrogens is 256 g/mol. The molecule has 16 heavy (non-hydrogen) atoms. The predicted molar refractivity (Wildman–Crippen MR) is 57.5 cm³/mol. The van der Waals surface area contributed by atoms with Crippen molar-refractivity contribution in [1.29, 1.82) is 0 Å². The predicted octanol–water partition coefficient (Wildman–Crippen LogP) is 2.17. The molecular formula is C10H4Cl2FNO2. The number of nitrogens with one attached hydrogen (secondary N) is 1. The fraction of sp³-hybridized carbons (Fsp3) is 0. The first-order chi connectivity index (χ1) is 7.50. The Bertz CT molecular complexity index is 540. The number of hydrogen-bond acceptors (Lipinski definition) is 2. The number of hydrogen-bond donors (Lipinski definition) is 1. The molecule has 3 nitrogen and oxygen atoms in total. The van der Waals surface area contributed by atoms with Gasteiger partial charge in [0.2, 0.25) is 0 Å². The molecule has 0 bridgehead atoms. The normalized spacial score (nSPS) is 15.1. The Labute approximate surface area is 99.8 Å². The summed E-state index contributed by atoms with van der Waals surface area (Å²) >= 11 is 11.4. The summed E-state index contributed by atoms with van der Waals surface area (Å²) in [5.41, 5.74) is 0.313. The van der Waals surface area contributed by atoms with E-state index in [0.29, 0.717) is 0 Å². The van der Waals surface area contributed by atoms with Crippen LogP contribution in [0, 0.1) is 5.82 Å². The van der Waals surface area contributed by atoms with E-state index in [4.69, 9.17) is 23.2 Å². The summed E-state index contributed by atoms with van der Waals surface area (Å²) in [6.45, 7) is 0. The highest BCUT2D eigenvalue weighted by molar-refractivity contribution is 6.45. The zero-order valence-corrected chi connectivity index (χ0v) is 9.19. The first-order valence-electron chi connectivity index (χ1n) is 4.21. The van der Waals surface area contributed by atoms with E-state index >= 15 is 0 Å². The molecule has 0 aromatic heterocycles.